The van der Waals surface area contributed by atoms with Crippen molar-refractivity contribution in [1.82, 2.24) is 10.6 Å². The monoisotopic (exact) mass is 296 g/mol. The molecule has 10 heteroatoms. The topological polar surface area (TPSA) is 41.1 Å². The van der Waals surface area contributed by atoms with E-state index in [1.54, 1.807) is 0 Å². The van der Waals surface area contributed by atoms with Gasteiger partial charge in [-0.3, -0.25) is 10.1 Å². The van der Waals surface area contributed by atoms with Crippen molar-refractivity contribution >= 4 is 5.91 Å². The minimum Gasteiger partial charge on any atom is -0.349 e. The molecular weight excluding hydrogens is 285 g/mol. The zero-order valence-electron chi connectivity index (χ0n) is 9.41. The van der Waals surface area contributed by atoms with Crippen LogP contribution in [0.25, 0.3) is 0 Å². The molecule has 19 heavy (non-hydrogen) atoms. The van der Waals surface area contributed by atoms with E-state index in [1.807, 2.05) is 0 Å². The Hall–Kier alpha value is -1.06. The molecule has 0 spiro atoms. The molecule has 1 aliphatic rings. The van der Waals surface area contributed by atoms with E-state index >= 15 is 0 Å². The first-order valence-corrected chi connectivity index (χ1v) is 5.30. The van der Waals surface area contributed by atoms with Gasteiger partial charge in [-0.25, -0.2) is 8.78 Å². The van der Waals surface area contributed by atoms with Gasteiger partial charge < -0.3 is 5.32 Å². The summed E-state index contributed by atoms with van der Waals surface area (Å²) in [6.07, 6.45) is -10.4. The van der Waals surface area contributed by atoms with Crippen molar-refractivity contribution in [3.63, 3.8) is 0 Å². The zero-order chi connectivity index (χ0) is 14.8. The molecule has 112 valence electrons. The molecular formula is C9H11F7N2O. The van der Waals surface area contributed by atoms with Crippen LogP contribution in [0.2, 0.25) is 0 Å². The highest BCUT2D eigenvalue weighted by Gasteiger charge is 2.57. The van der Waals surface area contributed by atoms with Gasteiger partial charge >= 0.3 is 12.1 Å². The lowest BCUT2D eigenvalue weighted by Gasteiger charge is -2.29. The Balaban J connectivity index is 2.56. The molecule has 1 heterocycles. The molecule has 0 aromatic rings. The van der Waals surface area contributed by atoms with Gasteiger partial charge in [0.25, 0.3) is 0 Å². The van der Waals surface area contributed by atoms with Gasteiger partial charge in [-0.2, -0.15) is 22.0 Å². The van der Waals surface area contributed by atoms with Gasteiger partial charge in [0.1, 0.15) is 0 Å². The molecule has 0 bridgehead atoms. The Kier molecular flexibility index (Phi) is 4.64. The molecule has 1 rings (SSSR count). The minimum absolute atomic E-state index is 0.0741. The largest absolute Gasteiger partial charge is 0.455 e. The Morgan fingerprint density at radius 1 is 1.21 bits per heavy atom. The molecule has 0 radical (unpaired) electrons. The summed E-state index contributed by atoms with van der Waals surface area (Å²) in [5, 5.41) is 3.37. The van der Waals surface area contributed by atoms with Crippen LogP contribution in [-0.2, 0) is 4.79 Å². The molecule has 0 aromatic heterocycles. The number of carbonyl (C=O) groups is 1. The first kappa shape index (κ1) is 16.0. The zero-order valence-corrected chi connectivity index (χ0v) is 9.41. The van der Waals surface area contributed by atoms with Crippen LogP contribution in [0, 0.1) is 5.92 Å². The van der Waals surface area contributed by atoms with Gasteiger partial charge in [0, 0.05) is 0 Å². The molecule has 1 aliphatic heterocycles. The van der Waals surface area contributed by atoms with E-state index in [4.69, 9.17) is 0 Å². The predicted molar refractivity (Wildman–Crippen MR) is 49.9 cm³/mol. The van der Waals surface area contributed by atoms with Crippen molar-refractivity contribution in [2.24, 2.45) is 5.92 Å². The summed E-state index contributed by atoms with van der Waals surface area (Å²) in [7, 11) is 0. The number of nitrogens with one attached hydrogen (secondary N) is 2. The summed E-state index contributed by atoms with van der Waals surface area (Å²) in [6, 6.07) is 0. The summed E-state index contributed by atoms with van der Waals surface area (Å²) < 4.78 is 86.6. The third-order valence-electron chi connectivity index (χ3n) is 2.69. The second kappa shape index (κ2) is 5.51. The van der Waals surface area contributed by atoms with Crippen molar-refractivity contribution in [3.05, 3.63) is 0 Å². The summed E-state index contributed by atoms with van der Waals surface area (Å²) in [4.78, 5) is 11.3. The molecule has 1 amide bonds. The second-order valence-corrected chi connectivity index (χ2v) is 4.12. The molecule has 3 unspecified atom stereocenters. The van der Waals surface area contributed by atoms with Gasteiger partial charge in [-0.1, -0.05) is 0 Å². The Morgan fingerprint density at radius 2 is 1.79 bits per heavy atom. The number of halogens is 7. The fraction of sp³-hybridized carbons (Fsp3) is 0.889. The SMILES string of the molecule is O=C(NCC(F)(F)C(F)(F)F)C1CCNC(F)C1F. The highest BCUT2D eigenvalue weighted by atomic mass is 19.4. The number of hydrogen-bond donors (Lipinski definition) is 2. The van der Waals surface area contributed by atoms with Gasteiger partial charge in [0.15, 0.2) is 12.5 Å². The Labute approximate surface area is 103 Å². The van der Waals surface area contributed by atoms with Crippen LogP contribution in [0.15, 0.2) is 0 Å². The van der Waals surface area contributed by atoms with Crippen molar-refractivity contribution in [2.45, 2.75) is 31.0 Å². The maximum Gasteiger partial charge on any atom is 0.455 e. The van der Waals surface area contributed by atoms with Crippen LogP contribution >= 0.6 is 0 Å². The standard InChI is InChI=1S/C9H11F7N2O/c10-5-4(1-2-17-6(5)11)7(19)18-3-8(12,13)9(14,15)16/h4-6,17H,1-3H2,(H,18,19). The van der Waals surface area contributed by atoms with E-state index in [0.717, 1.165) is 0 Å². The normalized spacial score (nSPS) is 29.1. The fourth-order valence-corrected chi connectivity index (χ4v) is 1.56. The maximum absolute atomic E-state index is 13.2. The Bertz CT molecular complexity index is 333. The summed E-state index contributed by atoms with van der Waals surface area (Å²) >= 11 is 0. The van der Waals surface area contributed by atoms with Crippen molar-refractivity contribution in [1.29, 1.82) is 0 Å². The number of hydrogen-bond acceptors (Lipinski definition) is 2. The summed E-state index contributed by atoms with van der Waals surface area (Å²) in [5.41, 5.74) is 0. The molecule has 1 fully saturated rings. The highest BCUT2D eigenvalue weighted by Crippen LogP contribution is 2.34. The molecule has 3 atom stereocenters. The predicted octanol–water partition coefficient (Wildman–Crippen LogP) is 1.54. The smallest absolute Gasteiger partial charge is 0.349 e. The molecule has 0 aromatic carbocycles. The number of alkyl halides is 7. The van der Waals surface area contributed by atoms with Crippen LogP contribution < -0.4 is 10.6 Å². The number of amides is 1. The number of rotatable bonds is 3. The fourth-order valence-electron chi connectivity index (χ4n) is 1.56. The van der Waals surface area contributed by atoms with Crippen LogP contribution in [0.5, 0.6) is 0 Å². The second-order valence-electron chi connectivity index (χ2n) is 4.12. The first-order chi connectivity index (χ1) is 8.56. The van der Waals surface area contributed by atoms with Gasteiger partial charge in [0.2, 0.25) is 5.91 Å². The average Bonchev–Trinajstić information content (AvgIpc) is 2.28. The average molecular weight is 296 g/mol. The highest BCUT2D eigenvalue weighted by molar-refractivity contribution is 5.79. The Morgan fingerprint density at radius 3 is 2.32 bits per heavy atom. The number of carbonyl (C=O) groups excluding carboxylic acids is 1. The lowest BCUT2D eigenvalue weighted by molar-refractivity contribution is -0.278. The van der Waals surface area contributed by atoms with E-state index in [9.17, 15) is 35.5 Å². The lowest BCUT2D eigenvalue weighted by Crippen LogP contribution is -2.53. The summed E-state index contributed by atoms with van der Waals surface area (Å²) in [6.45, 7) is -2.07. The maximum atomic E-state index is 13.2. The van der Waals surface area contributed by atoms with Gasteiger partial charge in [-0.15, -0.1) is 0 Å². The van der Waals surface area contributed by atoms with Gasteiger partial charge in [-0.05, 0) is 13.0 Å². The van der Waals surface area contributed by atoms with Crippen LogP contribution in [0.3, 0.4) is 0 Å². The van der Waals surface area contributed by atoms with Gasteiger partial charge in [0.05, 0.1) is 12.5 Å². The van der Waals surface area contributed by atoms with Crippen LogP contribution in [-0.4, -0.2) is 43.6 Å². The molecule has 2 N–H and O–H groups in total. The van der Waals surface area contributed by atoms with E-state index in [-0.39, 0.29) is 13.0 Å². The quantitative estimate of drug-likeness (QED) is 0.613. The summed E-state index contributed by atoms with van der Waals surface area (Å²) in [5.74, 6) is -8.06. The lowest BCUT2D eigenvalue weighted by atomic mass is 9.94. The van der Waals surface area contributed by atoms with Crippen LogP contribution in [0.4, 0.5) is 30.7 Å². The van der Waals surface area contributed by atoms with Crippen molar-refractivity contribution in [3.8, 4) is 0 Å². The molecule has 0 aliphatic carbocycles. The third-order valence-corrected chi connectivity index (χ3v) is 2.69. The van der Waals surface area contributed by atoms with Crippen molar-refractivity contribution in [2.75, 3.05) is 13.1 Å². The minimum atomic E-state index is -5.81. The molecule has 3 nitrogen and oxygen atoms in total. The van der Waals surface area contributed by atoms with Crippen molar-refractivity contribution < 1.29 is 35.5 Å². The number of piperidine rings is 1. The van der Waals surface area contributed by atoms with E-state index in [1.165, 1.54) is 5.32 Å². The van der Waals surface area contributed by atoms with E-state index in [0.29, 0.717) is 0 Å². The first-order valence-electron chi connectivity index (χ1n) is 5.30. The van der Waals surface area contributed by atoms with E-state index < -0.39 is 42.9 Å². The van der Waals surface area contributed by atoms with Crippen LogP contribution in [0.1, 0.15) is 6.42 Å². The van der Waals surface area contributed by atoms with E-state index in [2.05, 4.69) is 5.32 Å². The molecule has 0 saturated carbocycles. The molecule has 1 saturated heterocycles. The third kappa shape index (κ3) is 3.71.